The van der Waals surface area contributed by atoms with Crippen molar-refractivity contribution in [2.45, 2.75) is 6.92 Å². The van der Waals surface area contributed by atoms with Crippen molar-refractivity contribution in [3.8, 4) is 33.5 Å². The zero-order chi connectivity index (χ0) is 22.5. The molecule has 0 aliphatic heterocycles. The summed E-state index contributed by atoms with van der Waals surface area (Å²) in [6.07, 6.45) is 0. The van der Waals surface area contributed by atoms with Crippen LogP contribution in [0.1, 0.15) is 6.92 Å². The summed E-state index contributed by atoms with van der Waals surface area (Å²) in [6, 6.07) is 15.4. The second-order valence-electron chi connectivity index (χ2n) is 6.80. The fraction of sp³-hybridized carbons (Fsp3) is 0.174. The molecule has 0 aliphatic rings. The summed E-state index contributed by atoms with van der Waals surface area (Å²) in [5.74, 6) is 0.390. The zero-order valence-electron chi connectivity index (χ0n) is 17.5. The lowest BCUT2D eigenvalue weighted by Crippen LogP contribution is -2.21. The van der Waals surface area contributed by atoms with E-state index in [4.69, 9.17) is 9.47 Å². The number of hydrogen-bond acceptors (Lipinski definition) is 6. The van der Waals surface area contributed by atoms with E-state index in [2.05, 4.69) is 15.4 Å². The molecule has 32 heavy (non-hydrogen) atoms. The van der Waals surface area contributed by atoms with Gasteiger partial charge in [-0.25, -0.2) is 9.37 Å². The quantitative estimate of drug-likeness (QED) is 0.417. The average molecular weight is 453 g/mol. The van der Waals surface area contributed by atoms with E-state index in [9.17, 15) is 9.18 Å². The molecule has 0 bridgehead atoms. The first kappa shape index (κ1) is 21.5. The van der Waals surface area contributed by atoms with Crippen LogP contribution in [0.5, 0.6) is 11.5 Å². The van der Waals surface area contributed by atoms with E-state index in [1.165, 1.54) is 23.5 Å². The number of nitrogens with zero attached hydrogens (tertiary/aromatic N) is 3. The molecular formula is C23H21FN4O3S. The van der Waals surface area contributed by atoms with Crippen LogP contribution >= 0.6 is 11.3 Å². The van der Waals surface area contributed by atoms with Crippen LogP contribution in [-0.2, 0) is 11.8 Å². The smallest absolute Gasteiger partial charge is 0.263 e. The highest BCUT2D eigenvalue weighted by molar-refractivity contribution is 7.13. The van der Waals surface area contributed by atoms with E-state index in [1.54, 1.807) is 29.9 Å². The van der Waals surface area contributed by atoms with Crippen LogP contribution in [0.2, 0.25) is 0 Å². The number of para-hydroxylation sites is 1. The predicted octanol–water partition coefficient (Wildman–Crippen LogP) is 4.77. The molecule has 1 N–H and O–H groups in total. The minimum Gasteiger partial charge on any atom is -0.494 e. The number of carbonyl (C=O) groups excluding carboxylic acids is 1. The van der Waals surface area contributed by atoms with Gasteiger partial charge in [-0.15, -0.1) is 11.3 Å². The SMILES string of the molecule is CCOc1ccc(-c2csc(-c3cc(NC(=O)COc4ccccc4F)n(C)n3)n2)cc1. The summed E-state index contributed by atoms with van der Waals surface area (Å²) in [5, 5.41) is 9.85. The maximum atomic E-state index is 13.6. The second kappa shape index (κ2) is 9.61. The van der Waals surface area contributed by atoms with Crippen LogP contribution in [0.15, 0.2) is 60.0 Å². The number of anilines is 1. The number of carbonyl (C=O) groups is 1. The Kier molecular flexibility index (Phi) is 6.46. The standard InChI is InChI=1S/C23H21FN4O3S/c1-3-30-16-10-8-15(9-11-16)19-14-32-23(25-19)18-12-21(28(2)27-18)26-22(29)13-31-20-7-5-4-6-17(20)24/h4-12,14H,3,13H2,1-2H3,(H,26,29). The highest BCUT2D eigenvalue weighted by Gasteiger charge is 2.14. The van der Waals surface area contributed by atoms with Gasteiger partial charge >= 0.3 is 0 Å². The van der Waals surface area contributed by atoms with Crippen LogP contribution in [0, 0.1) is 5.82 Å². The highest BCUT2D eigenvalue weighted by atomic mass is 32.1. The maximum absolute atomic E-state index is 13.6. The number of nitrogens with one attached hydrogen (secondary N) is 1. The number of aryl methyl sites for hydroxylation is 1. The van der Waals surface area contributed by atoms with Gasteiger partial charge in [0, 0.05) is 24.1 Å². The van der Waals surface area contributed by atoms with Gasteiger partial charge in [0.05, 0.1) is 12.3 Å². The van der Waals surface area contributed by atoms with E-state index < -0.39 is 11.7 Å². The third-order valence-electron chi connectivity index (χ3n) is 4.53. The summed E-state index contributed by atoms with van der Waals surface area (Å²) >= 11 is 1.46. The van der Waals surface area contributed by atoms with Gasteiger partial charge in [0.15, 0.2) is 18.2 Å². The topological polar surface area (TPSA) is 78.3 Å². The lowest BCUT2D eigenvalue weighted by molar-refractivity contribution is -0.118. The van der Waals surface area contributed by atoms with Gasteiger partial charge in [-0.05, 0) is 43.3 Å². The number of amides is 1. The van der Waals surface area contributed by atoms with Crippen molar-refractivity contribution in [3.63, 3.8) is 0 Å². The van der Waals surface area contributed by atoms with Gasteiger partial charge < -0.3 is 14.8 Å². The molecule has 0 aliphatic carbocycles. The monoisotopic (exact) mass is 452 g/mol. The number of halogens is 1. The molecule has 0 atom stereocenters. The van der Waals surface area contributed by atoms with Crippen molar-refractivity contribution in [3.05, 3.63) is 65.8 Å². The molecule has 0 fully saturated rings. The molecule has 0 radical (unpaired) electrons. The largest absolute Gasteiger partial charge is 0.494 e. The average Bonchev–Trinajstić information content (AvgIpc) is 3.41. The van der Waals surface area contributed by atoms with Gasteiger partial charge in [0.2, 0.25) is 0 Å². The Balaban J connectivity index is 1.42. The summed E-state index contributed by atoms with van der Waals surface area (Å²) in [7, 11) is 1.72. The highest BCUT2D eigenvalue weighted by Crippen LogP contribution is 2.30. The molecule has 2 aromatic heterocycles. The predicted molar refractivity (Wildman–Crippen MR) is 121 cm³/mol. The molecule has 4 aromatic rings. The maximum Gasteiger partial charge on any atom is 0.263 e. The molecule has 1 amide bonds. The van der Waals surface area contributed by atoms with Crippen LogP contribution in [-0.4, -0.2) is 33.9 Å². The van der Waals surface area contributed by atoms with Gasteiger partial charge in [-0.3, -0.25) is 9.48 Å². The van der Waals surface area contributed by atoms with Crippen molar-refractivity contribution >= 4 is 23.1 Å². The van der Waals surface area contributed by atoms with E-state index in [0.29, 0.717) is 18.1 Å². The molecular weight excluding hydrogens is 431 g/mol. The Morgan fingerprint density at radius 1 is 1.12 bits per heavy atom. The van der Waals surface area contributed by atoms with Crippen molar-refractivity contribution in [1.82, 2.24) is 14.8 Å². The number of benzene rings is 2. The fourth-order valence-electron chi connectivity index (χ4n) is 2.99. The Morgan fingerprint density at radius 2 is 1.91 bits per heavy atom. The van der Waals surface area contributed by atoms with Crippen molar-refractivity contribution < 1.29 is 18.7 Å². The van der Waals surface area contributed by atoms with E-state index in [-0.39, 0.29) is 12.4 Å². The fourth-order valence-corrected chi connectivity index (χ4v) is 3.77. The number of ether oxygens (including phenoxy) is 2. The summed E-state index contributed by atoms with van der Waals surface area (Å²) in [5.41, 5.74) is 2.45. The molecule has 0 spiro atoms. The molecule has 0 saturated heterocycles. The third kappa shape index (κ3) is 4.94. The summed E-state index contributed by atoms with van der Waals surface area (Å²) in [4.78, 5) is 16.9. The van der Waals surface area contributed by atoms with Crippen molar-refractivity contribution in [2.75, 3.05) is 18.5 Å². The normalized spacial score (nSPS) is 10.7. The first-order valence-electron chi connectivity index (χ1n) is 9.94. The molecule has 4 rings (SSSR count). The Morgan fingerprint density at radius 3 is 2.66 bits per heavy atom. The van der Waals surface area contributed by atoms with Crippen molar-refractivity contribution in [1.29, 1.82) is 0 Å². The summed E-state index contributed by atoms with van der Waals surface area (Å²) < 4.78 is 25.9. The Bertz CT molecular complexity index is 1220. The Labute approximate surface area is 188 Å². The van der Waals surface area contributed by atoms with Crippen LogP contribution < -0.4 is 14.8 Å². The van der Waals surface area contributed by atoms with E-state index in [1.807, 2.05) is 36.6 Å². The lowest BCUT2D eigenvalue weighted by Gasteiger charge is -2.07. The molecule has 164 valence electrons. The summed E-state index contributed by atoms with van der Waals surface area (Å²) in [6.45, 7) is 2.24. The number of hydrogen-bond donors (Lipinski definition) is 1. The van der Waals surface area contributed by atoms with Crippen molar-refractivity contribution in [2.24, 2.45) is 7.05 Å². The van der Waals surface area contributed by atoms with Gasteiger partial charge in [-0.1, -0.05) is 12.1 Å². The first-order valence-corrected chi connectivity index (χ1v) is 10.8. The van der Waals surface area contributed by atoms with Crippen LogP contribution in [0.4, 0.5) is 10.2 Å². The minimum atomic E-state index is -0.518. The van der Waals surface area contributed by atoms with Gasteiger partial charge in [-0.2, -0.15) is 5.10 Å². The van der Waals surface area contributed by atoms with E-state index in [0.717, 1.165) is 22.0 Å². The lowest BCUT2D eigenvalue weighted by atomic mass is 10.2. The molecule has 9 heteroatoms. The van der Waals surface area contributed by atoms with Gasteiger partial charge in [0.1, 0.15) is 22.3 Å². The van der Waals surface area contributed by atoms with Gasteiger partial charge in [0.25, 0.3) is 5.91 Å². The number of thiazole rings is 1. The molecule has 0 unspecified atom stereocenters. The molecule has 0 saturated carbocycles. The first-order chi connectivity index (χ1) is 15.5. The zero-order valence-corrected chi connectivity index (χ0v) is 18.4. The number of aromatic nitrogens is 3. The van der Waals surface area contributed by atoms with Crippen LogP contribution in [0.25, 0.3) is 22.0 Å². The molecule has 2 aromatic carbocycles. The second-order valence-corrected chi connectivity index (χ2v) is 7.66. The van der Waals surface area contributed by atoms with E-state index >= 15 is 0 Å². The minimum absolute atomic E-state index is 0.0259. The van der Waals surface area contributed by atoms with Crippen LogP contribution in [0.3, 0.4) is 0 Å². The molecule has 2 heterocycles. The molecule has 7 nitrogen and oxygen atoms in total. The Hall–Kier alpha value is -3.72. The number of rotatable bonds is 8. The third-order valence-corrected chi connectivity index (χ3v) is 5.39.